The van der Waals surface area contributed by atoms with Crippen LogP contribution in [0.25, 0.3) is 0 Å². The normalized spacial score (nSPS) is 15.3. The number of aliphatic hydroxyl groups is 1. The van der Waals surface area contributed by atoms with Crippen molar-refractivity contribution in [2.24, 2.45) is 0 Å². The van der Waals surface area contributed by atoms with Gasteiger partial charge in [0.1, 0.15) is 6.61 Å². The van der Waals surface area contributed by atoms with E-state index in [2.05, 4.69) is 17.3 Å². The second-order valence-electron chi connectivity index (χ2n) is 4.64. The van der Waals surface area contributed by atoms with Gasteiger partial charge in [0.2, 0.25) is 0 Å². The molecule has 2 N–H and O–H groups in total. The molecule has 1 amide bonds. The fourth-order valence-electron chi connectivity index (χ4n) is 2.11. The van der Waals surface area contributed by atoms with Crippen molar-refractivity contribution in [2.75, 3.05) is 19.7 Å². The van der Waals surface area contributed by atoms with Crippen LogP contribution in [0.3, 0.4) is 0 Å². The van der Waals surface area contributed by atoms with Crippen molar-refractivity contribution < 1.29 is 9.90 Å². The number of hydrogen-bond acceptors (Lipinski definition) is 3. The molecule has 1 aromatic rings. The lowest BCUT2D eigenvalue weighted by Crippen LogP contribution is -2.45. The van der Waals surface area contributed by atoms with E-state index in [-0.39, 0.29) is 12.5 Å². The number of hydrazine groups is 1. The number of aliphatic hydroxyl groups excluding tert-OH is 1. The summed E-state index contributed by atoms with van der Waals surface area (Å²) in [6.45, 7) is 1.56. The van der Waals surface area contributed by atoms with Gasteiger partial charge in [-0.2, -0.15) is 0 Å². The van der Waals surface area contributed by atoms with Gasteiger partial charge in [0, 0.05) is 24.2 Å². The Morgan fingerprint density at radius 1 is 1.35 bits per heavy atom. The highest BCUT2D eigenvalue weighted by molar-refractivity contribution is 6.32. The average molecular weight is 293 g/mol. The number of piperidine rings is 1. The summed E-state index contributed by atoms with van der Waals surface area (Å²) in [5.74, 6) is 5.11. The largest absolute Gasteiger partial charge is 0.384 e. The molecule has 20 heavy (non-hydrogen) atoms. The summed E-state index contributed by atoms with van der Waals surface area (Å²) >= 11 is 6.07. The number of rotatable bonds is 2. The molecule has 1 saturated heterocycles. The van der Waals surface area contributed by atoms with E-state index >= 15 is 0 Å². The summed E-state index contributed by atoms with van der Waals surface area (Å²) in [7, 11) is 0. The molecule has 0 atom stereocenters. The van der Waals surface area contributed by atoms with Crippen LogP contribution in [0.5, 0.6) is 0 Å². The van der Waals surface area contributed by atoms with Crippen molar-refractivity contribution >= 4 is 17.5 Å². The Bertz CT molecular complexity index is 543. The molecule has 1 aliphatic heterocycles. The van der Waals surface area contributed by atoms with Gasteiger partial charge in [-0.3, -0.25) is 10.2 Å². The van der Waals surface area contributed by atoms with E-state index in [1.165, 1.54) is 6.42 Å². The number of carbonyl (C=O) groups is 1. The van der Waals surface area contributed by atoms with E-state index in [0.717, 1.165) is 25.9 Å². The first-order valence-corrected chi connectivity index (χ1v) is 7.03. The van der Waals surface area contributed by atoms with Gasteiger partial charge >= 0.3 is 0 Å². The zero-order valence-electron chi connectivity index (χ0n) is 11.2. The van der Waals surface area contributed by atoms with Crippen LogP contribution < -0.4 is 5.43 Å². The first-order valence-electron chi connectivity index (χ1n) is 6.66. The quantitative estimate of drug-likeness (QED) is 0.818. The minimum Gasteiger partial charge on any atom is -0.384 e. The molecule has 1 aliphatic rings. The Labute approximate surface area is 123 Å². The van der Waals surface area contributed by atoms with Gasteiger partial charge in [-0.1, -0.05) is 29.9 Å². The highest BCUT2D eigenvalue weighted by Gasteiger charge is 2.14. The predicted octanol–water partition coefficient (Wildman–Crippen LogP) is 1.81. The highest BCUT2D eigenvalue weighted by Crippen LogP contribution is 2.17. The number of benzene rings is 1. The Morgan fingerprint density at radius 3 is 2.75 bits per heavy atom. The number of halogens is 1. The van der Waals surface area contributed by atoms with Gasteiger partial charge in [-0.15, -0.1) is 0 Å². The third kappa shape index (κ3) is 3.97. The molecule has 0 aliphatic carbocycles. The standard InChI is InChI=1S/C15H17ClN2O2/c16-14-11-13(7-6-12(14)5-4-10-19)15(20)17-18-8-2-1-3-9-18/h6-7,11,19H,1-3,8-10H2,(H,17,20). The maximum absolute atomic E-state index is 12.1. The molecule has 0 unspecified atom stereocenters. The number of carbonyl (C=O) groups excluding carboxylic acids is 1. The van der Waals surface area contributed by atoms with Crippen molar-refractivity contribution in [3.05, 3.63) is 34.3 Å². The maximum Gasteiger partial charge on any atom is 0.265 e. The lowest BCUT2D eigenvalue weighted by Gasteiger charge is -2.26. The SMILES string of the molecule is O=C(NN1CCCCC1)c1ccc(C#CCO)c(Cl)c1. The van der Waals surface area contributed by atoms with Crippen LogP contribution in [-0.2, 0) is 0 Å². The number of nitrogens with zero attached hydrogens (tertiary/aromatic N) is 1. The van der Waals surface area contributed by atoms with Crippen LogP contribution in [0, 0.1) is 11.8 Å². The van der Waals surface area contributed by atoms with E-state index in [4.69, 9.17) is 16.7 Å². The predicted molar refractivity (Wildman–Crippen MR) is 78.3 cm³/mol. The molecule has 1 heterocycles. The van der Waals surface area contributed by atoms with E-state index < -0.39 is 0 Å². The fourth-order valence-corrected chi connectivity index (χ4v) is 2.33. The van der Waals surface area contributed by atoms with E-state index in [1.54, 1.807) is 18.2 Å². The van der Waals surface area contributed by atoms with Crippen LogP contribution in [0.4, 0.5) is 0 Å². The minimum absolute atomic E-state index is 0.157. The Balaban J connectivity index is 2.04. The summed E-state index contributed by atoms with van der Waals surface area (Å²) in [5, 5.41) is 11.0. The summed E-state index contributed by atoms with van der Waals surface area (Å²) in [6.07, 6.45) is 3.43. The summed E-state index contributed by atoms with van der Waals surface area (Å²) in [4.78, 5) is 12.1. The van der Waals surface area contributed by atoms with Crippen molar-refractivity contribution in [1.29, 1.82) is 0 Å². The molecule has 1 aromatic carbocycles. The third-order valence-corrected chi connectivity index (χ3v) is 3.46. The zero-order chi connectivity index (χ0) is 14.4. The maximum atomic E-state index is 12.1. The van der Waals surface area contributed by atoms with Gasteiger partial charge in [0.15, 0.2) is 0 Å². The van der Waals surface area contributed by atoms with Crippen molar-refractivity contribution in [3.63, 3.8) is 0 Å². The molecule has 5 heteroatoms. The van der Waals surface area contributed by atoms with E-state index in [9.17, 15) is 4.79 Å². The molecule has 0 radical (unpaired) electrons. The summed E-state index contributed by atoms with van der Waals surface area (Å²) in [5.41, 5.74) is 4.00. The van der Waals surface area contributed by atoms with Crippen molar-refractivity contribution in [3.8, 4) is 11.8 Å². The molecule has 1 fully saturated rings. The van der Waals surface area contributed by atoms with Gasteiger partial charge in [0.05, 0.1) is 5.02 Å². The Morgan fingerprint density at radius 2 is 2.10 bits per heavy atom. The van der Waals surface area contributed by atoms with E-state index in [1.807, 2.05) is 5.01 Å². The topological polar surface area (TPSA) is 52.6 Å². The lowest BCUT2D eigenvalue weighted by molar-refractivity contribution is 0.0750. The second-order valence-corrected chi connectivity index (χ2v) is 5.05. The van der Waals surface area contributed by atoms with Gasteiger partial charge < -0.3 is 5.11 Å². The summed E-state index contributed by atoms with van der Waals surface area (Å²) in [6, 6.07) is 4.98. The summed E-state index contributed by atoms with van der Waals surface area (Å²) < 4.78 is 0. The highest BCUT2D eigenvalue weighted by atomic mass is 35.5. The van der Waals surface area contributed by atoms with Crippen molar-refractivity contribution in [1.82, 2.24) is 10.4 Å². The van der Waals surface area contributed by atoms with Crippen LogP contribution in [0.1, 0.15) is 35.2 Å². The minimum atomic E-state index is -0.215. The van der Waals surface area contributed by atoms with Gasteiger partial charge in [0.25, 0.3) is 5.91 Å². The molecule has 0 aromatic heterocycles. The molecule has 0 saturated carbocycles. The third-order valence-electron chi connectivity index (χ3n) is 3.15. The second kappa shape index (κ2) is 7.30. The molecule has 0 bridgehead atoms. The van der Waals surface area contributed by atoms with Crippen molar-refractivity contribution in [2.45, 2.75) is 19.3 Å². The number of amides is 1. The Hall–Kier alpha value is -1.54. The first-order chi connectivity index (χ1) is 9.70. The zero-order valence-corrected chi connectivity index (χ0v) is 11.9. The molecule has 4 nitrogen and oxygen atoms in total. The van der Waals surface area contributed by atoms with Crippen LogP contribution in [-0.4, -0.2) is 35.7 Å². The Kier molecular flexibility index (Phi) is 5.42. The lowest BCUT2D eigenvalue weighted by atomic mass is 10.1. The smallest absolute Gasteiger partial charge is 0.265 e. The van der Waals surface area contributed by atoms with E-state index in [0.29, 0.717) is 16.1 Å². The molecular formula is C15H17ClN2O2. The van der Waals surface area contributed by atoms with Gasteiger partial charge in [-0.05, 0) is 31.0 Å². The molecular weight excluding hydrogens is 276 g/mol. The monoisotopic (exact) mass is 292 g/mol. The van der Waals surface area contributed by atoms with Crippen LogP contribution in [0.2, 0.25) is 5.02 Å². The number of hydrogen-bond donors (Lipinski definition) is 2. The molecule has 2 rings (SSSR count). The van der Waals surface area contributed by atoms with Crippen LogP contribution in [0.15, 0.2) is 18.2 Å². The van der Waals surface area contributed by atoms with Crippen LogP contribution >= 0.6 is 11.6 Å². The average Bonchev–Trinajstić information content (AvgIpc) is 2.47. The van der Waals surface area contributed by atoms with Gasteiger partial charge in [-0.25, -0.2) is 5.01 Å². The molecule has 0 spiro atoms. The number of nitrogens with one attached hydrogen (secondary N) is 1. The first kappa shape index (κ1) is 14.9. The molecule has 106 valence electrons. The fraction of sp³-hybridized carbons (Fsp3) is 0.400.